The first-order chi connectivity index (χ1) is 11.2. The summed E-state index contributed by atoms with van der Waals surface area (Å²) in [6.45, 7) is 1.00. The first-order valence-corrected chi connectivity index (χ1v) is 9.47. The van der Waals surface area contributed by atoms with Gasteiger partial charge in [0.15, 0.2) is 4.91 Å². The zero-order valence-electron chi connectivity index (χ0n) is 13.6. The molecule has 1 aromatic carbocycles. The lowest BCUT2D eigenvalue weighted by atomic mass is 10.1. The van der Waals surface area contributed by atoms with E-state index in [0.29, 0.717) is 13.1 Å². The largest absolute Gasteiger partial charge is 0.382 e. The van der Waals surface area contributed by atoms with Crippen molar-refractivity contribution in [3.05, 3.63) is 40.1 Å². The van der Waals surface area contributed by atoms with Gasteiger partial charge in [-0.1, -0.05) is 11.6 Å². The average Bonchev–Trinajstić information content (AvgIpc) is 2.52. The van der Waals surface area contributed by atoms with Crippen molar-refractivity contribution in [3.8, 4) is 0 Å². The molecule has 1 saturated heterocycles. The van der Waals surface area contributed by atoms with E-state index < -0.39 is 31.4 Å². The molecule has 1 fully saturated rings. The highest BCUT2D eigenvalue weighted by Crippen LogP contribution is 2.27. The minimum absolute atomic E-state index is 0.0898. The predicted octanol–water partition coefficient (Wildman–Crippen LogP) is 2.67. The molecule has 0 spiro atoms. The number of rotatable bonds is 4. The number of piperidine rings is 1. The van der Waals surface area contributed by atoms with Crippen LogP contribution in [0.25, 0.3) is 0 Å². The second kappa shape index (κ2) is 7.53. The molecule has 2 rings (SSSR count). The number of sulfone groups is 1. The van der Waals surface area contributed by atoms with Gasteiger partial charge in [0.2, 0.25) is 9.84 Å². The van der Waals surface area contributed by atoms with Gasteiger partial charge in [0.25, 0.3) is 5.91 Å². The molecule has 24 heavy (non-hydrogen) atoms. The number of carbonyl (C=O) groups is 1. The smallest absolute Gasteiger partial charge is 0.267 e. The number of likely N-dealkylation sites (tertiary alicyclic amines) is 1. The second-order valence-electron chi connectivity index (χ2n) is 5.89. The molecule has 0 N–H and O–H groups in total. The van der Waals surface area contributed by atoms with Crippen molar-refractivity contribution < 1.29 is 17.6 Å². The van der Waals surface area contributed by atoms with Crippen LogP contribution in [0.2, 0.25) is 5.02 Å². The Balaban J connectivity index is 2.48. The lowest BCUT2D eigenvalue weighted by Crippen LogP contribution is -2.38. The van der Waals surface area contributed by atoms with Gasteiger partial charge in [-0.3, -0.25) is 4.79 Å². The molecule has 0 radical (unpaired) electrons. The van der Waals surface area contributed by atoms with Gasteiger partial charge in [-0.15, -0.1) is 0 Å². The molecule has 0 bridgehead atoms. The van der Waals surface area contributed by atoms with Crippen LogP contribution in [-0.4, -0.2) is 51.3 Å². The zero-order chi connectivity index (χ0) is 17.9. The normalized spacial score (nSPS) is 16.2. The summed E-state index contributed by atoms with van der Waals surface area (Å²) >= 11 is 5.68. The third kappa shape index (κ3) is 4.08. The summed E-state index contributed by atoms with van der Waals surface area (Å²) in [5, 5.41) is 0.0898. The number of carbonyl (C=O) groups excluding carboxylic acids is 1. The Morgan fingerprint density at radius 3 is 2.42 bits per heavy atom. The van der Waals surface area contributed by atoms with Gasteiger partial charge < -0.3 is 9.80 Å². The van der Waals surface area contributed by atoms with Gasteiger partial charge in [-0.2, -0.15) is 0 Å². The number of hydrogen-bond acceptors (Lipinski definition) is 4. The van der Waals surface area contributed by atoms with Gasteiger partial charge >= 0.3 is 0 Å². The summed E-state index contributed by atoms with van der Waals surface area (Å²) in [5.41, 5.74) is 0. The molecule has 0 atom stereocenters. The van der Waals surface area contributed by atoms with Gasteiger partial charge in [0.05, 0.1) is 0 Å². The molecule has 1 aliphatic heterocycles. The van der Waals surface area contributed by atoms with Gasteiger partial charge in [0, 0.05) is 38.4 Å². The van der Waals surface area contributed by atoms with Gasteiger partial charge in [0.1, 0.15) is 10.7 Å². The summed E-state index contributed by atoms with van der Waals surface area (Å²) < 4.78 is 39.8. The van der Waals surface area contributed by atoms with E-state index >= 15 is 0 Å². The molecule has 0 aromatic heterocycles. The van der Waals surface area contributed by atoms with E-state index in [0.717, 1.165) is 31.4 Å². The summed E-state index contributed by atoms with van der Waals surface area (Å²) in [6, 6.07) is 3.29. The third-order valence-corrected chi connectivity index (χ3v) is 5.71. The number of amides is 1. The highest BCUT2D eigenvalue weighted by Gasteiger charge is 2.33. The first-order valence-electron chi connectivity index (χ1n) is 7.61. The van der Waals surface area contributed by atoms with Crippen LogP contribution >= 0.6 is 11.6 Å². The van der Waals surface area contributed by atoms with E-state index in [1.165, 1.54) is 22.1 Å². The van der Waals surface area contributed by atoms with E-state index in [9.17, 15) is 17.6 Å². The van der Waals surface area contributed by atoms with Crippen LogP contribution in [0.3, 0.4) is 0 Å². The maximum atomic E-state index is 14.1. The van der Waals surface area contributed by atoms with Gasteiger partial charge in [-0.05, 0) is 37.5 Å². The van der Waals surface area contributed by atoms with E-state index in [1.807, 2.05) is 0 Å². The van der Waals surface area contributed by atoms with Crippen LogP contribution in [0, 0.1) is 5.82 Å². The predicted molar refractivity (Wildman–Crippen MR) is 90.8 cm³/mol. The fraction of sp³-hybridized carbons (Fsp3) is 0.438. The molecule has 0 saturated carbocycles. The summed E-state index contributed by atoms with van der Waals surface area (Å²) in [4.78, 5) is 14.7. The van der Waals surface area contributed by atoms with Crippen molar-refractivity contribution in [2.75, 3.05) is 27.2 Å². The molecular weight excluding hydrogens is 355 g/mol. The minimum Gasteiger partial charge on any atom is -0.382 e. The SMILES string of the molecule is CN(C)C=C(C(=O)N1CCCCC1)S(=O)(=O)c1ccc(Cl)cc1F. The molecule has 5 nitrogen and oxygen atoms in total. The quantitative estimate of drug-likeness (QED) is 0.760. The third-order valence-electron chi connectivity index (χ3n) is 3.70. The first kappa shape index (κ1) is 18.7. The Labute approximate surface area is 146 Å². The Morgan fingerprint density at radius 1 is 1.25 bits per heavy atom. The van der Waals surface area contributed by atoms with Crippen molar-refractivity contribution in [3.63, 3.8) is 0 Å². The lowest BCUT2D eigenvalue weighted by molar-refractivity contribution is -0.127. The summed E-state index contributed by atoms with van der Waals surface area (Å²) in [7, 11) is -1.08. The maximum absolute atomic E-state index is 14.1. The Kier molecular flexibility index (Phi) is 5.87. The maximum Gasteiger partial charge on any atom is 0.267 e. The minimum atomic E-state index is -4.30. The second-order valence-corrected chi connectivity index (χ2v) is 8.21. The molecule has 0 unspecified atom stereocenters. The van der Waals surface area contributed by atoms with E-state index in [-0.39, 0.29) is 5.02 Å². The van der Waals surface area contributed by atoms with E-state index in [1.54, 1.807) is 14.1 Å². The molecule has 1 aliphatic rings. The molecule has 8 heteroatoms. The molecule has 1 heterocycles. The highest BCUT2D eigenvalue weighted by molar-refractivity contribution is 7.96. The Morgan fingerprint density at radius 2 is 1.88 bits per heavy atom. The molecule has 1 amide bonds. The fourth-order valence-electron chi connectivity index (χ4n) is 2.54. The summed E-state index contributed by atoms with van der Waals surface area (Å²) in [6.07, 6.45) is 3.89. The number of benzene rings is 1. The van der Waals surface area contributed by atoms with Crippen molar-refractivity contribution in [1.29, 1.82) is 0 Å². The molecular formula is C16H20ClFN2O3S. The van der Waals surface area contributed by atoms with E-state index in [4.69, 9.17) is 11.6 Å². The van der Waals surface area contributed by atoms with Crippen molar-refractivity contribution in [1.82, 2.24) is 9.80 Å². The molecule has 0 aliphatic carbocycles. The van der Waals surface area contributed by atoms with Gasteiger partial charge in [-0.25, -0.2) is 12.8 Å². The zero-order valence-corrected chi connectivity index (χ0v) is 15.2. The van der Waals surface area contributed by atoms with Crippen molar-refractivity contribution >= 4 is 27.3 Å². The highest BCUT2D eigenvalue weighted by atomic mass is 35.5. The summed E-state index contributed by atoms with van der Waals surface area (Å²) in [5.74, 6) is -1.57. The fourth-order valence-corrected chi connectivity index (χ4v) is 4.21. The van der Waals surface area contributed by atoms with Crippen molar-refractivity contribution in [2.45, 2.75) is 24.2 Å². The number of halogens is 2. The lowest BCUT2D eigenvalue weighted by Gasteiger charge is -2.28. The van der Waals surface area contributed by atoms with Crippen molar-refractivity contribution in [2.24, 2.45) is 0 Å². The van der Waals surface area contributed by atoms with Crippen LogP contribution in [0.4, 0.5) is 4.39 Å². The molecule has 132 valence electrons. The van der Waals surface area contributed by atoms with Crippen LogP contribution in [0.1, 0.15) is 19.3 Å². The topological polar surface area (TPSA) is 57.7 Å². The number of hydrogen-bond donors (Lipinski definition) is 0. The number of nitrogens with zero attached hydrogens (tertiary/aromatic N) is 2. The standard InChI is InChI=1S/C16H20ClFN2O3S/c1-19(2)11-15(16(21)20-8-4-3-5-9-20)24(22,23)14-7-6-12(17)10-13(14)18/h6-7,10-11H,3-5,8-9H2,1-2H3. The van der Waals surface area contributed by atoms with Crippen LogP contribution in [0.5, 0.6) is 0 Å². The van der Waals surface area contributed by atoms with Crippen LogP contribution < -0.4 is 0 Å². The molecule has 1 aromatic rings. The van der Waals surface area contributed by atoms with Crippen LogP contribution in [-0.2, 0) is 14.6 Å². The van der Waals surface area contributed by atoms with Crippen LogP contribution in [0.15, 0.2) is 34.2 Å². The van der Waals surface area contributed by atoms with E-state index in [2.05, 4.69) is 0 Å². The average molecular weight is 375 g/mol. The Bertz CT molecular complexity index is 757. The Hall–Kier alpha value is -1.60. The monoisotopic (exact) mass is 374 g/mol.